The molecular weight excluding hydrogens is 348 g/mol. The van der Waals surface area contributed by atoms with E-state index in [1.807, 2.05) is 24.3 Å². The summed E-state index contributed by atoms with van der Waals surface area (Å²) in [6.07, 6.45) is -0.107. The first-order valence-electron chi connectivity index (χ1n) is 7.11. The summed E-state index contributed by atoms with van der Waals surface area (Å²) < 4.78 is 5.98. The fourth-order valence-electron chi connectivity index (χ4n) is 2.68. The van der Waals surface area contributed by atoms with Crippen molar-refractivity contribution in [1.82, 2.24) is 5.32 Å². The fraction of sp³-hybridized carbons (Fsp3) is 0.312. The Kier molecular flexibility index (Phi) is 4.33. The summed E-state index contributed by atoms with van der Waals surface area (Å²) in [6.45, 7) is 0.765. The van der Waals surface area contributed by atoms with Crippen LogP contribution in [0.4, 0.5) is 5.69 Å². The van der Waals surface area contributed by atoms with Crippen LogP contribution in [0.5, 0.6) is 0 Å². The molecular formula is C16H17BrN2O3. The van der Waals surface area contributed by atoms with Crippen LogP contribution < -0.4 is 11.1 Å². The van der Waals surface area contributed by atoms with Crippen molar-refractivity contribution in [3.63, 3.8) is 0 Å². The van der Waals surface area contributed by atoms with E-state index in [0.29, 0.717) is 24.3 Å². The number of carbonyl (C=O) groups is 1. The molecule has 0 bridgehead atoms. The van der Waals surface area contributed by atoms with E-state index >= 15 is 0 Å². The quantitative estimate of drug-likeness (QED) is 0.712. The van der Waals surface area contributed by atoms with Crippen LogP contribution in [0.1, 0.15) is 16.8 Å². The Morgan fingerprint density at radius 1 is 1.36 bits per heavy atom. The van der Waals surface area contributed by atoms with E-state index in [9.17, 15) is 9.90 Å². The van der Waals surface area contributed by atoms with Crippen LogP contribution in [0.15, 0.2) is 34.8 Å². The number of carbonyl (C=O) groups excluding carboxylic acids is 1. The van der Waals surface area contributed by atoms with Crippen LogP contribution >= 0.6 is 15.9 Å². The molecule has 1 saturated heterocycles. The number of nitrogen functional groups attached to an aromatic ring is 1. The highest BCUT2D eigenvalue weighted by Crippen LogP contribution is 2.31. The van der Waals surface area contributed by atoms with Gasteiger partial charge in [-0.15, -0.1) is 0 Å². The van der Waals surface area contributed by atoms with Gasteiger partial charge >= 0.3 is 0 Å². The third-order valence-electron chi connectivity index (χ3n) is 3.92. The number of rotatable bonds is 2. The van der Waals surface area contributed by atoms with Crippen molar-refractivity contribution in [3.05, 3.63) is 40.4 Å². The Morgan fingerprint density at radius 3 is 2.82 bits per heavy atom. The normalized spacial score (nSPS) is 21.7. The molecule has 22 heavy (non-hydrogen) atoms. The lowest BCUT2D eigenvalue weighted by Gasteiger charge is -2.28. The average Bonchev–Trinajstić information content (AvgIpc) is 2.53. The molecule has 0 saturated carbocycles. The van der Waals surface area contributed by atoms with E-state index < -0.39 is 6.10 Å². The van der Waals surface area contributed by atoms with Crippen molar-refractivity contribution in [3.8, 4) is 0 Å². The van der Waals surface area contributed by atoms with Crippen molar-refractivity contribution >= 4 is 38.3 Å². The van der Waals surface area contributed by atoms with Crippen LogP contribution in [0.3, 0.4) is 0 Å². The molecule has 1 aliphatic rings. The molecule has 1 heterocycles. The van der Waals surface area contributed by atoms with E-state index in [-0.39, 0.29) is 18.6 Å². The number of nitrogens with two attached hydrogens (primary N) is 1. The van der Waals surface area contributed by atoms with Crippen LogP contribution in [-0.2, 0) is 4.74 Å². The summed E-state index contributed by atoms with van der Waals surface area (Å²) in [5.74, 6) is -0.282. The molecule has 1 unspecified atom stereocenters. The zero-order valence-electron chi connectivity index (χ0n) is 11.9. The molecule has 2 aromatic carbocycles. The van der Waals surface area contributed by atoms with Crippen LogP contribution in [0.2, 0.25) is 0 Å². The van der Waals surface area contributed by atoms with Gasteiger partial charge in [-0.25, -0.2) is 0 Å². The highest BCUT2D eigenvalue weighted by Gasteiger charge is 2.26. The third kappa shape index (κ3) is 2.82. The first-order valence-corrected chi connectivity index (χ1v) is 7.90. The van der Waals surface area contributed by atoms with E-state index in [1.54, 1.807) is 6.07 Å². The first kappa shape index (κ1) is 15.3. The lowest BCUT2D eigenvalue weighted by Crippen LogP contribution is -2.48. The number of hydrogen-bond acceptors (Lipinski definition) is 4. The number of aliphatic hydroxyl groups is 1. The molecule has 1 aliphatic heterocycles. The summed E-state index contributed by atoms with van der Waals surface area (Å²) in [6, 6.07) is 9.04. The molecule has 0 spiro atoms. The highest BCUT2D eigenvalue weighted by molar-refractivity contribution is 9.10. The smallest absolute Gasteiger partial charge is 0.253 e. The standard InChI is InChI=1S/C16H17BrN2O3/c17-12-7-11(15(18)10-4-2-1-3-9(10)12)16(21)19-13-5-6-22-8-14(13)20/h1-4,7,13-14,20H,5-6,8,18H2,(H,19,21)/t13-,14?/m0/s1. The van der Waals surface area contributed by atoms with Gasteiger partial charge in [0.1, 0.15) is 0 Å². The maximum atomic E-state index is 12.5. The molecule has 0 aromatic heterocycles. The first-order chi connectivity index (χ1) is 10.6. The van der Waals surface area contributed by atoms with E-state index in [1.165, 1.54) is 0 Å². The van der Waals surface area contributed by atoms with E-state index in [0.717, 1.165) is 15.2 Å². The Bertz CT molecular complexity index is 720. The molecule has 3 rings (SSSR count). The highest BCUT2D eigenvalue weighted by atomic mass is 79.9. The summed E-state index contributed by atoms with van der Waals surface area (Å²) in [4.78, 5) is 12.5. The minimum absolute atomic E-state index is 0.238. The predicted octanol–water partition coefficient (Wildman–Crippen LogP) is 2.06. The van der Waals surface area contributed by atoms with Gasteiger partial charge in [-0.2, -0.15) is 0 Å². The molecule has 1 fully saturated rings. The van der Waals surface area contributed by atoms with Gasteiger partial charge in [-0.05, 0) is 17.9 Å². The maximum Gasteiger partial charge on any atom is 0.253 e. The lowest BCUT2D eigenvalue weighted by atomic mass is 10.0. The molecule has 1 amide bonds. The molecule has 0 aliphatic carbocycles. The second kappa shape index (κ2) is 6.24. The number of hydrogen-bond donors (Lipinski definition) is 3. The van der Waals surface area contributed by atoms with Crippen molar-refractivity contribution in [2.24, 2.45) is 0 Å². The van der Waals surface area contributed by atoms with Gasteiger partial charge in [0.25, 0.3) is 5.91 Å². The number of ether oxygens (including phenoxy) is 1. The Morgan fingerprint density at radius 2 is 2.09 bits per heavy atom. The third-order valence-corrected chi connectivity index (χ3v) is 4.58. The van der Waals surface area contributed by atoms with Crippen molar-refractivity contribution in [1.29, 1.82) is 0 Å². The molecule has 6 heteroatoms. The van der Waals surface area contributed by atoms with Crippen molar-refractivity contribution in [2.75, 3.05) is 18.9 Å². The Balaban J connectivity index is 1.92. The SMILES string of the molecule is Nc1c(C(=O)N[C@H]2CCOCC2O)cc(Br)c2ccccc12. The minimum atomic E-state index is -0.692. The maximum absolute atomic E-state index is 12.5. The van der Waals surface area contributed by atoms with Gasteiger partial charge in [-0.3, -0.25) is 4.79 Å². The van der Waals surface area contributed by atoms with Crippen LogP contribution in [-0.4, -0.2) is 36.4 Å². The second-order valence-electron chi connectivity index (χ2n) is 5.38. The summed E-state index contributed by atoms with van der Waals surface area (Å²) in [5.41, 5.74) is 7.01. The van der Waals surface area contributed by atoms with E-state index in [4.69, 9.17) is 10.5 Å². The molecule has 5 nitrogen and oxygen atoms in total. The molecule has 116 valence electrons. The van der Waals surface area contributed by atoms with Crippen LogP contribution in [0, 0.1) is 0 Å². The monoisotopic (exact) mass is 364 g/mol. The second-order valence-corrected chi connectivity index (χ2v) is 6.23. The number of aliphatic hydroxyl groups excluding tert-OH is 1. The number of fused-ring (bicyclic) bond motifs is 1. The Labute approximate surface area is 136 Å². The van der Waals surface area contributed by atoms with Gasteiger partial charge in [0.15, 0.2) is 0 Å². The van der Waals surface area contributed by atoms with Gasteiger partial charge in [0.2, 0.25) is 0 Å². The fourth-order valence-corrected chi connectivity index (χ4v) is 3.25. The number of halogens is 1. The largest absolute Gasteiger partial charge is 0.398 e. The Hall–Kier alpha value is -1.63. The molecule has 2 aromatic rings. The van der Waals surface area contributed by atoms with E-state index in [2.05, 4.69) is 21.2 Å². The molecule has 0 radical (unpaired) electrons. The summed E-state index contributed by atoms with van der Waals surface area (Å²) in [5, 5.41) is 14.5. The van der Waals surface area contributed by atoms with Crippen LogP contribution in [0.25, 0.3) is 10.8 Å². The van der Waals surface area contributed by atoms with Crippen molar-refractivity contribution < 1.29 is 14.6 Å². The van der Waals surface area contributed by atoms with Gasteiger partial charge in [0, 0.05) is 16.5 Å². The summed E-state index contributed by atoms with van der Waals surface area (Å²) >= 11 is 3.48. The number of anilines is 1. The molecule has 2 atom stereocenters. The average molecular weight is 365 g/mol. The lowest BCUT2D eigenvalue weighted by molar-refractivity contribution is -0.0260. The predicted molar refractivity (Wildman–Crippen MR) is 88.8 cm³/mol. The zero-order valence-corrected chi connectivity index (χ0v) is 13.5. The minimum Gasteiger partial charge on any atom is -0.398 e. The van der Waals surface area contributed by atoms with Gasteiger partial charge in [-0.1, -0.05) is 40.2 Å². The zero-order chi connectivity index (χ0) is 15.7. The topological polar surface area (TPSA) is 84.6 Å². The van der Waals surface area contributed by atoms with Gasteiger partial charge < -0.3 is 20.9 Å². The number of amides is 1. The van der Waals surface area contributed by atoms with Crippen molar-refractivity contribution in [2.45, 2.75) is 18.6 Å². The molecule has 4 N–H and O–H groups in total. The van der Waals surface area contributed by atoms with Gasteiger partial charge in [0.05, 0.1) is 30.0 Å². The summed E-state index contributed by atoms with van der Waals surface area (Å²) in [7, 11) is 0. The number of nitrogens with one attached hydrogen (secondary N) is 1. The number of benzene rings is 2.